The Morgan fingerprint density at radius 2 is 1.70 bits per heavy atom. The van der Waals surface area contributed by atoms with E-state index in [0.29, 0.717) is 30.2 Å². The number of carbonyl (C=O) groups is 1. The Morgan fingerprint density at radius 1 is 0.970 bits per heavy atom. The molecule has 33 heavy (non-hydrogen) atoms. The monoisotopic (exact) mass is 441 g/mol. The van der Waals surface area contributed by atoms with Crippen LogP contribution in [0.5, 0.6) is 17.2 Å². The number of benzene rings is 4. The Kier molecular flexibility index (Phi) is 4.47. The molecule has 0 spiro atoms. The molecule has 6 heteroatoms. The van der Waals surface area contributed by atoms with Gasteiger partial charge in [-0.25, -0.2) is 4.39 Å². The molecule has 0 N–H and O–H groups in total. The minimum atomic E-state index is -0.300. The highest BCUT2D eigenvalue weighted by Gasteiger charge is 2.32. The molecule has 0 saturated heterocycles. The van der Waals surface area contributed by atoms with Crippen LogP contribution in [-0.4, -0.2) is 24.7 Å². The maximum absolute atomic E-state index is 13.7. The fourth-order valence-electron chi connectivity index (χ4n) is 4.65. The minimum absolute atomic E-state index is 0.0243. The van der Waals surface area contributed by atoms with E-state index < -0.39 is 0 Å². The lowest BCUT2D eigenvalue weighted by Gasteiger charge is -2.16. The van der Waals surface area contributed by atoms with Gasteiger partial charge >= 0.3 is 0 Å². The molecule has 164 valence electrons. The first kappa shape index (κ1) is 19.6. The number of ether oxygens (including phenoxy) is 3. The van der Waals surface area contributed by atoms with E-state index in [1.54, 1.807) is 19.2 Å². The summed E-state index contributed by atoms with van der Waals surface area (Å²) in [5.74, 6) is 1.78. The topological polar surface area (TPSA) is 48.0 Å². The maximum atomic E-state index is 13.7. The van der Waals surface area contributed by atoms with Crippen LogP contribution in [0.1, 0.15) is 21.5 Å². The Hall–Kier alpha value is -4.06. The molecule has 0 saturated carbocycles. The van der Waals surface area contributed by atoms with Crippen LogP contribution in [0, 0.1) is 5.82 Å². The summed E-state index contributed by atoms with van der Waals surface area (Å²) in [6.07, 6.45) is 0. The third-order valence-corrected chi connectivity index (χ3v) is 6.27. The van der Waals surface area contributed by atoms with E-state index in [0.717, 1.165) is 38.8 Å². The minimum Gasteiger partial charge on any atom is -0.497 e. The third-order valence-electron chi connectivity index (χ3n) is 6.27. The Labute approximate surface area is 189 Å². The standard InChI is InChI=1S/C27H20FNO4/c1-31-20-8-2-16(3-9-20)13-29-14-23-22(27(29)30)10-18-11-24-25(33-15-32-24)12-21(18)26(23)17-4-6-19(28)7-5-17/h2-12H,13-15H2,1H3. The van der Waals surface area contributed by atoms with E-state index in [2.05, 4.69) is 0 Å². The number of nitrogens with zero attached hydrogens (tertiary/aromatic N) is 1. The molecule has 4 aromatic carbocycles. The van der Waals surface area contributed by atoms with Crippen molar-refractivity contribution in [2.24, 2.45) is 0 Å². The van der Waals surface area contributed by atoms with Gasteiger partial charge in [-0.1, -0.05) is 24.3 Å². The van der Waals surface area contributed by atoms with Gasteiger partial charge in [0.25, 0.3) is 5.91 Å². The lowest BCUT2D eigenvalue weighted by atomic mass is 9.90. The molecular formula is C27H20FNO4. The molecule has 0 fully saturated rings. The number of methoxy groups -OCH3 is 1. The lowest BCUT2D eigenvalue weighted by Crippen LogP contribution is -2.23. The second-order valence-electron chi connectivity index (χ2n) is 8.22. The molecule has 0 bridgehead atoms. The lowest BCUT2D eigenvalue weighted by molar-refractivity contribution is 0.0767. The van der Waals surface area contributed by atoms with E-state index in [1.807, 2.05) is 47.4 Å². The SMILES string of the molecule is COc1ccc(CN2Cc3c(cc4cc5c(cc4c3-c3ccc(F)cc3)OCO5)C2=O)cc1. The molecular weight excluding hydrogens is 421 g/mol. The highest BCUT2D eigenvalue weighted by atomic mass is 19.1. The number of rotatable bonds is 4. The van der Waals surface area contributed by atoms with Crippen molar-refractivity contribution in [2.45, 2.75) is 13.1 Å². The molecule has 0 aromatic heterocycles. The molecule has 0 unspecified atom stereocenters. The summed E-state index contributed by atoms with van der Waals surface area (Å²) < 4.78 is 30.1. The summed E-state index contributed by atoms with van der Waals surface area (Å²) in [7, 11) is 1.63. The van der Waals surface area contributed by atoms with Gasteiger partial charge in [-0.05, 0) is 75.5 Å². The highest BCUT2D eigenvalue weighted by molar-refractivity contribution is 6.09. The largest absolute Gasteiger partial charge is 0.497 e. The van der Waals surface area contributed by atoms with Crippen LogP contribution in [0.3, 0.4) is 0 Å². The Bertz CT molecular complexity index is 1400. The molecule has 4 aromatic rings. The first-order chi connectivity index (χ1) is 16.1. The first-order valence-corrected chi connectivity index (χ1v) is 10.7. The van der Waals surface area contributed by atoms with E-state index >= 15 is 0 Å². The van der Waals surface area contributed by atoms with Crippen molar-refractivity contribution in [1.29, 1.82) is 0 Å². The average Bonchev–Trinajstić information content (AvgIpc) is 3.41. The van der Waals surface area contributed by atoms with Gasteiger partial charge in [-0.2, -0.15) is 0 Å². The van der Waals surface area contributed by atoms with E-state index in [1.165, 1.54) is 12.1 Å². The van der Waals surface area contributed by atoms with Crippen LogP contribution in [0.15, 0.2) is 66.7 Å². The van der Waals surface area contributed by atoms with Crippen molar-refractivity contribution in [3.63, 3.8) is 0 Å². The zero-order valence-corrected chi connectivity index (χ0v) is 17.9. The van der Waals surface area contributed by atoms with Crippen LogP contribution < -0.4 is 14.2 Å². The van der Waals surface area contributed by atoms with Crippen LogP contribution in [-0.2, 0) is 13.1 Å². The second kappa shape index (κ2) is 7.52. The number of hydrogen-bond acceptors (Lipinski definition) is 4. The normalized spacial score (nSPS) is 14.1. The summed E-state index contributed by atoms with van der Waals surface area (Å²) in [6, 6.07) is 19.9. The van der Waals surface area contributed by atoms with Crippen molar-refractivity contribution in [3.05, 3.63) is 89.2 Å². The highest BCUT2D eigenvalue weighted by Crippen LogP contribution is 2.44. The molecule has 2 aliphatic rings. The zero-order chi connectivity index (χ0) is 22.5. The second-order valence-corrected chi connectivity index (χ2v) is 8.22. The number of halogens is 1. The molecule has 0 radical (unpaired) electrons. The van der Waals surface area contributed by atoms with Crippen molar-refractivity contribution >= 4 is 16.7 Å². The quantitative estimate of drug-likeness (QED) is 0.417. The zero-order valence-electron chi connectivity index (χ0n) is 17.9. The summed E-state index contributed by atoms with van der Waals surface area (Å²) >= 11 is 0. The van der Waals surface area contributed by atoms with Gasteiger partial charge in [0.2, 0.25) is 6.79 Å². The van der Waals surface area contributed by atoms with Crippen LogP contribution in [0.2, 0.25) is 0 Å². The summed E-state index contributed by atoms with van der Waals surface area (Å²) in [6.45, 7) is 1.13. The Balaban J connectivity index is 1.48. The smallest absolute Gasteiger partial charge is 0.254 e. The van der Waals surface area contributed by atoms with Crippen molar-refractivity contribution < 1.29 is 23.4 Å². The van der Waals surface area contributed by atoms with Crippen molar-refractivity contribution in [1.82, 2.24) is 4.90 Å². The number of amides is 1. The van der Waals surface area contributed by atoms with Gasteiger partial charge < -0.3 is 19.1 Å². The number of fused-ring (bicyclic) bond motifs is 3. The van der Waals surface area contributed by atoms with Gasteiger partial charge in [-0.15, -0.1) is 0 Å². The van der Waals surface area contributed by atoms with E-state index in [9.17, 15) is 9.18 Å². The molecule has 5 nitrogen and oxygen atoms in total. The molecule has 0 aliphatic carbocycles. The molecule has 2 aliphatic heterocycles. The van der Waals surface area contributed by atoms with Crippen molar-refractivity contribution in [2.75, 3.05) is 13.9 Å². The van der Waals surface area contributed by atoms with Crippen molar-refractivity contribution in [3.8, 4) is 28.4 Å². The van der Waals surface area contributed by atoms with E-state index in [4.69, 9.17) is 14.2 Å². The van der Waals surface area contributed by atoms with Crippen LogP contribution in [0.25, 0.3) is 21.9 Å². The predicted molar refractivity (Wildman–Crippen MR) is 122 cm³/mol. The molecule has 0 atom stereocenters. The average molecular weight is 441 g/mol. The van der Waals surface area contributed by atoms with Gasteiger partial charge in [0, 0.05) is 18.7 Å². The molecule has 1 amide bonds. The van der Waals surface area contributed by atoms with Gasteiger partial charge in [-0.3, -0.25) is 4.79 Å². The number of carbonyl (C=O) groups excluding carboxylic acids is 1. The summed E-state index contributed by atoms with van der Waals surface area (Å²) in [5, 5.41) is 1.83. The fourth-order valence-corrected chi connectivity index (χ4v) is 4.65. The molecule has 2 heterocycles. The maximum Gasteiger partial charge on any atom is 0.254 e. The fraction of sp³-hybridized carbons (Fsp3) is 0.148. The third kappa shape index (κ3) is 3.26. The molecule has 6 rings (SSSR count). The number of hydrogen-bond donors (Lipinski definition) is 0. The predicted octanol–water partition coefficient (Wildman–Crippen LogP) is 5.54. The van der Waals surface area contributed by atoms with E-state index in [-0.39, 0.29) is 18.5 Å². The van der Waals surface area contributed by atoms with Crippen LogP contribution in [0.4, 0.5) is 4.39 Å². The summed E-state index contributed by atoms with van der Waals surface area (Å²) in [4.78, 5) is 15.3. The van der Waals surface area contributed by atoms with Gasteiger partial charge in [0.1, 0.15) is 11.6 Å². The van der Waals surface area contributed by atoms with Gasteiger partial charge in [0.05, 0.1) is 7.11 Å². The van der Waals surface area contributed by atoms with Crippen LogP contribution >= 0.6 is 0 Å². The Morgan fingerprint density at radius 3 is 2.42 bits per heavy atom. The summed E-state index contributed by atoms with van der Waals surface area (Å²) in [5.41, 5.74) is 4.40. The first-order valence-electron chi connectivity index (χ1n) is 10.7. The van der Waals surface area contributed by atoms with Gasteiger partial charge in [0.15, 0.2) is 11.5 Å².